The molecule has 0 aliphatic heterocycles. The van der Waals surface area contributed by atoms with Crippen molar-refractivity contribution in [3.05, 3.63) is 11.0 Å². The summed E-state index contributed by atoms with van der Waals surface area (Å²) in [5, 5.41) is 10.1. The van der Waals surface area contributed by atoms with Gasteiger partial charge >= 0.3 is 0 Å². The molecular weight excluding hydrogens is 196 g/mol. The molecule has 80 valence electrons. The van der Waals surface area contributed by atoms with E-state index in [1.807, 2.05) is 19.9 Å². The number of carbonyl (C=O) groups excluding carboxylic acids is 1. The minimum Gasteiger partial charge on any atom is -0.382 e. The maximum absolute atomic E-state index is 11.9. The number of aliphatic hydroxyl groups is 1. The van der Waals surface area contributed by atoms with Crippen LogP contribution in [0.5, 0.6) is 0 Å². The highest BCUT2D eigenvalue weighted by atomic mass is 32.2. The SMILES string of the molecule is CCCC1(O)CCC=C(SCC)C1=O. The first-order valence-corrected chi connectivity index (χ1v) is 6.22. The number of hydrogen-bond donors (Lipinski definition) is 1. The van der Waals surface area contributed by atoms with Crippen LogP contribution in [0.2, 0.25) is 0 Å². The first-order chi connectivity index (χ1) is 6.64. The molecule has 1 rings (SSSR count). The van der Waals surface area contributed by atoms with E-state index in [1.54, 1.807) is 11.8 Å². The van der Waals surface area contributed by atoms with Crippen LogP contribution in [0.4, 0.5) is 0 Å². The topological polar surface area (TPSA) is 37.3 Å². The fourth-order valence-corrected chi connectivity index (χ4v) is 2.68. The predicted molar refractivity (Wildman–Crippen MR) is 60.3 cm³/mol. The first-order valence-electron chi connectivity index (χ1n) is 5.24. The van der Waals surface area contributed by atoms with Crippen molar-refractivity contribution in [2.75, 3.05) is 5.75 Å². The molecule has 0 bridgehead atoms. The van der Waals surface area contributed by atoms with Gasteiger partial charge in [-0.2, -0.15) is 0 Å². The number of carbonyl (C=O) groups is 1. The quantitative estimate of drug-likeness (QED) is 0.781. The zero-order valence-electron chi connectivity index (χ0n) is 8.88. The zero-order chi connectivity index (χ0) is 10.6. The Morgan fingerprint density at radius 3 is 2.86 bits per heavy atom. The van der Waals surface area contributed by atoms with E-state index in [0.29, 0.717) is 12.8 Å². The molecule has 0 spiro atoms. The van der Waals surface area contributed by atoms with E-state index in [-0.39, 0.29) is 5.78 Å². The van der Waals surface area contributed by atoms with E-state index >= 15 is 0 Å². The molecule has 0 radical (unpaired) electrons. The monoisotopic (exact) mass is 214 g/mol. The smallest absolute Gasteiger partial charge is 0.200 e. The van der Waals surface area contributed by atoms with Crippen LogP contribution in [0.15, 0.2) is 11.0 Å². The summed E-state index contributed by atoms with van der Waals surface area (Å²) in [7, 11) is 0. The number of thioether (sulfide) groups is 1. The fraction of sp³-hybridized carbons (Fsp3) is 0.727. The van der Waals surface area contributed by atoms with Gasteiger partial charge in [-0.3, -0.25) is 4.79 Å². The third-order valence-electron chi connectivity index (χ3n) is 2.50. The second-order valence-corrected chi connectivity index (χ2v) is 4.96. The van der Waals surface area contributed by atoms with Gasteiger partial charge in [-0.05, 0) is 25.0 Å². The van der Waals surface area contributed by atoms with Crippen LogP contribution in [-0.4, -0.2) is 22.2 Å². The first kappa shape index (κ1) is 11.8. The lowest BCUT2D eigenvalue weighted by Gasteiger charge is -2.30. The van der Waals surface area contributed by atoms with Crippen LogP contribution in [0.25, 0.3) is 0 Å². The minimum absolute atomic E-state index is 0.0579. The summed E-state index contributed by atoms with van der Waals surface area (Å²) in [5.74, 6) is 0.831. The van der Waals surface area contributed by atoms with E-state index in [9.17, 15) is 9.90 Å². The predicted octanol–water partition coefficient (Wildman–Crippen LogP) is 2.52. The molecule has 1 atom stereocenters. The molecule has 1 N–H and O–H groups in total. The number of rotatable bonds is 4. The second kappa shape index (κ2) is 4.99. The van der Waals surface area contributed by atoms with Crippen LogP contribution in [0.1, 0.15) is 39.5 Å². The molecule has 0 fully saturated rings. The van der Waals surface area contributed by atoms with Gasteiger partial charge in [0.05, 0.1) is 0 Å². The van der Waals surface area contributed by atoms with Crippen molar-refractivity contribution in [2.24, 2.45) is 0 Å². The number of Topliss-reactive ketones (excluding diaryl/α,β-unsaturated/α-hetero) is 1. The normalized spacial score (nSPS) is 27.6. The van der Waals surface area contributed by atoms with Gasteiger partial charge in [-0.15, -0.1) is 11.8 Å². The maximum atomic E-state index is 11.9. The molecular formula is C11H18O2S. The molecule has 1 aliphatic rings. The molecule has 1 aliphatic carbocycles. The van der Waals surface area contributed by atoms with Gasteiger partial charge in [0.2, 0.25) is 0 Å². The summed E-state index contributed by atoms with van der Waals surface area (Å²) >= 11 is 1.54. The molecule has 1 unspecified atom stereocenters. The van der Waals surface area contributed by atoms with Gasteiger partial charge < -0.3 is 5.11 Å². The lowest BCUT2D eigenvalue weighted by atomic mass is 9.84. The lowest BCUT2D eigenvalue weighted by molar-refractivity contribution is -0.134. The molecule has 0 amide bonds. The van der Waals surface area contributed by atoms with Crippen molar-refractivity contribution in [1.82, 2.24) is 0 Å². The molecule has 0 saturated heterocycles. The molecule has 2 nitrogen and oxygen atoms in total. The molecule has 0 heterocycles. The average Bonchev–Trinajstić information content (AvgIpc) is 2.14. The summed E-state index contributed by atoms with van der Waals surface area (Å²) in [6, 6.07) is 0. The van der Waals surface area contributed by atoms with Gasteiger partial charge in [0.15, 0.2) is 5.78 Å². The van der Waals surface area contributed by atoms with Crippen molar-refractivity contribution in [3.8, 4) is 0 Å². The van der Waals surface area contributed by atoms with Gasteiger partial charge in [0.1, 0.15) is 5.60 Å². The minimum atomic E-state index is -1.07. The standard InChI is InChI=1S/C11H18O2S/c1-3-7-11(13)8-5-6-9(10(11)12)14-4-2/h6,13H,3-5,7-8H2,1-2H3. The highest BCUT2D eigenvalue weighted by Gasteiger charge is 2.38. The highest BCUT2D eigenvalue weighted by Crippen LogP contribution is 2.33. The largest absolute Gasteiger partial charge is 0.382 e. The van der Waals surface area contributed by atoms with Crippen molar-refractivity contribution in [2.45, 2.75) is 45.1 Å². The Hall–Kier alpha value is -0.280. The van der Waals surface area contributed by atoms with Crippen molar-refractivity contribution in [3.63, 3.8) is 0 Å². The Bertz CT molecular complexity index is 248. The van der Waals surface area contributed by atoms with Crippen molar-refractivity contribution < 1.29 is 9.90 Å². The number of hydrogen-bond acceptors (Lipinski definition) is 3. The highest BCUT2D eigenvalue weighted by molar-refractivity contribution is 8.04. The van der Waals surface area contributed by atoms with E-state index in [4.69, 9.17) is 0 Å². The van der Waals surface area contributed by atoms with Crippen molar-refractivity contribution in [1.29, 1.82) is 0 Å². The van der Waals surface area contributed by atoms with E-state index < -0.39 is 5.60 Å². The molecule has 0 saturated carbocycles. The average molecular weight is 214 g/mol. The summed E-state index contributed by atoms with van der Waals surface area (Å²) in [6.45, 7) is 4.02. The Labute approximate surface area is 89.8 Å². The van der Waals surface area contributed by atoms with E-state index in [0.717, 1.165) is 23.5 Å². The molecule has 14 heavy (non-hydrogen) atoms. The van der Waals surface area contributed by atoms with Gasteiger partial charge in [0.25, 0.3) is 0 Å². The van der Waals surface area contributed by atoms with Gasteiger partial charge in [0, 0.05) is 4.91 Å². The van der Waals surface area contributed by atoms with Gasteiger partial charge in [-0.1, -0.05) is 26.3 Å². The second-order valence-electron chi connectivity index (χ2n) is 3.65. The van der Waals surface area contributed by atoms with Gasteiger partial charge in [-0.25, -0.2) is 0 Å². The fourth-order valence-electron chi connectivity index (χ4n) is 1.81. The van der Waals surface area contributed by atoms with E-state index in [2.05, 4.69) is 0 Å². The zero-order valence-corrected chi connectivity index (χ0v) is 9.69. The van der Waals surface area contributed by atoms with Crippen LogP contribution in [-0.2, 0) is 4.79 Å². The summed E-state index contributed by atoms with van der Waals surface area (Å²) < 4.78 is 0. The summed E-state index contributed by atoms with van der Waals surface area (Å²) in [4.78, 5) is 12.6. The lowest BCUT2D eigenvalue weighted by Crippen LogP contribution is -2.40. The summed E-state index contributed by atoms with van der Waals surface area (Å²) in [5.41, 5.74) is -1.07. The van der Waals surface area contributed by atoms with Crippen molar-refractivity contribution >= 4 is 17.5 Å². The maximum Gasteiger partial charge on any atom is 0.200 e. The summed E-state index contributed by atoms with van der Waals surface area (Å²) in [6.07, 6.45) is 4.82. The Morgan fingerprint density at radius 2 is 2.29 bits per heavy atom. The van der Waals surface area contributed by atoms with E-state index in [1.165, 1.54) is 0 Å². The molecule has 0 aromatic heterocycles. The Balaban J connectivity index is 2.76. The molecule has 0 aromatic carbocycles. The Morgan fingerprint density at radius 1 is 1.57 bits per heavy atom. The molecule has 3 heteroatoms. The molecule has 0 aromatic rings. The third kappa shape index (κ3) is 2.39. The number of allylic oxidation sites excluding steroid dienone is 1. The van der Waals surface area contributed by atoms with Crippen LogP contribution in [0.3, 0.4) is 0 Å². The van der Waals surface area contributed by atoms with Crippen LogP contribution in [0, 0.1) is 0 Å². The van der Waals surface area contributed by atoms with Crippen LogP contribution >= 0.6 is 11.8 Å². The van der Waals surface area contributed by atoms with Crippen LogP contribution < -0.4 is 0 Å². The number of ketones is 1. The Kier molecular flexibility index (Phi) is 4.20. The third-order valence-corrected chi connectivity index (χ3v) is 3.45.